The van der Waals surface area contributed by atoms with Crippen LogP contribution in [0, 0.1) is 0 Å². The Labute approximate surface area is 198 Å². The third-order valence-electron chi connectivity index (χ3n) is 4.67. The lowest BCUT2D eigenvalue weighted by Crippen LogP contribution is -2.49. The van der Waals surface area contributed by atoms with Crippen LogP contribution in [0.2, 0.25) is 0 Å². The molecule has 2 aromatic rings. The fourth-order valence-corrected chi connectivity index (χ4v) is 3.17. The van der Waals surface area contributed by atoms with E-state index >= 15 is 0 Å². The van der Waals surface area contributed by atoms with Crippen molar-refractivity contribution in [2.75, 3.05) is 26.4 Å². The van der Waals surface area contributed by atoms with E-state index in [2.05, 4.69) is 0 Å². The molecule has 10 nitrogen and oxygen atoms in total. The molecule has 2 aromatic heterocycles. The molecule has 2 rings (SSSR count). The van der Waals surface area contributed by atoms with Crippen molar-refractivity contribution in [2.45, 2.75) is 39.8 Å². The molecule has 0 saturated carbocycles. The largest absolute Gasteiger partial charge is 0.461 e. The van der Waals surface area contributed by atoms with Gasteiger partial charge in [0.15, 0.2) is 24.8 Å². The van der Waals surface area contributed by atoms with E-state index in [1.807, 2.05) is 0 Å². The van der Waals surface area contributed by atoms with Crippen LogP contribution in [0.15, 0.2) is 49.1 Å². The molecule has 0 spiro atoms. The zero-order chi connectivity index (χ0) is 25.1. The smallest absolute Gasteiger partial charge is 0.388 e. The molecule has 0 aliphatic heterocycles. The molecule has 0 amide bonds. The van der Waals surface area contributed by atoms with E-state index in [0.717, 1.165) is 11.1 Å². The average molecular weight is 475 g/mol. The van der Waals surface area contributed by atoms with Gasteiger partial charge in [-0.15, -0.1) is 0 Å². The first kappa shape index (κ1) is 26.4. The normalized spacial score (nSPS) is 10.6. The third-order valence-corrected chi connectivity index (χ3v) is 4.67. The summed E-state index contributed by atoms with van der Waals surface area (Å²) in [6, 6.07) is 4.39. The SMILES string of the molecule is CCOC(=O)C(C(=O)OCC)[n+]1ccc(-c2cc[n+](C(C(=O)OCC)C(=O)OCC)cc2)cc1. The summed E-state index contributed by atoms with van der Waals surface area (Å²) >= 11 is 0. The molecule has 0 unspecified atom stereocenters. The lowest BCUT2D eigenvalue weighted by molar-refractivity contribution is -0.699. The fourth-order valence-electron chi connectivity index (χ4n) is 3.17. The van der Waals surface area contributed by atoms with Crippen LogP contribution in [0.5, 0.6) is 0 Å². The van der Waals surface area contributed by atoms with Crippen molar-refractivity contribution >= 4 is 23.9 Å². The number of hydrogen-bond acceptors (Lipinski definition) is 8. The number of carbonyl (C=O) groups excluding carboxylic acids is 4. The van der Waals surface area contributed by atoms with E-state index in [0.29, 0.717) is 0 Å². The zero-order valence-electron chi connectivity index (χ0n) is 19.8. The molecule has 182 valence electrons. The van der Waals surface area contributed by atoms with Crippen LogP contribution in [0.25, 0.3) is 11.1 Å². The Hall–Kier alpha value is -3.82. The van der Waals surface area contributed by atoms with E-state index in [9.17, 15) is 19.2 Å². The van der Waals surface area contributed by atoms with Gasteiger partial charge in [0, 0.05) is 24.3 Å². The number of aromatic nitrogens is 2. The van der Waals surface area contributed by atoms with Crippen molar-refractivity contribution in [2.24, 2.45) is 0 Å². The van der Waals surface area contributed by atoms with Gasteiger partial charge in [0.2, 0.25) is 0 Å². The first-order valence-electron chi connectivity index (χ1n) is 11.1. The van der Waals surface area contributed by atoms with Crippen LogP contribution < -0.4 is 9.13 Å². The second kappa shape index (κ2) is 13.0. The minimum atomic E-state index is -1.25. The maximum Gasteiger partial charge on any atom is 0.388 e. The molecule has 34 heavy (non-hydrogen) atoms. The summed E-state index contributed by atoms with van der Waals surface area (Å²) in [5.41, 5.74) is 1.55. The summed E-state index contributed by atoms with van der Waals surface area (Å²) in [6.45, 7) is 7.17. The summed E-state index contributed by atoms with van der Waals surface area (Å²) in [5, 5.41) is 0. The number of carbonyl (C=O) groups is 4. The van der Waals surface area contributed by atoms with Gasteiger partial charge in [-0.2, -0.15) is 9.13 Å². The molecule has 2 heterocycles. The molecule has 0 aliphatic rings. The highest BCUT2D eigenvalue weighted by Crippen LogP contribution is 2.17. The Morgan fingerprint density at radius 2 is 0.794 bits per heavy atom. The predicted octanol–water partition coefficient (Wildman–Crippen LogP) is 1.26. The highest BCUT2D eigenvalue weighted by molar-refractivity contribution is 5.95. The van der Waals surface area contributed by atoms with Gasteiger partial charge in [-0.1, -0.05) is 0 Å². The molecular formula is C24H30N2O8+2. The predicted molar refractivity (Wildman–Crippen MR) is 117 cm³/mol. The lowest BCUT2D eigenvalue weighted by Gasteiger charge is -2.11. The first-order valence-corrected chi connectivity index (χ1v) is 11.1. The molecule has 0 aromatic carbocycles. The Bertz CT molecular complexity index is 872. The number of ether oxygens (including phenoxy) is 4. The maximum atomic E-state index is 12.3. The standard InChI is InChI=1S/C24H30N2O8/c1-5-31-21(27)19(22(28)32-6-2)25-13-9-17(10-14-25)18-11-15-26(16-12-18)20(23(29)33-7-3)24(30)34-8-4/h9-16,19-20H,5-8H2,1-4H3/q+2. The molecule has 0 atom stereocenters. The van der Waals surface area contributed by atoms with Gasteiger partial charge in [0.1, 0.15) is 0 Å². The van der Waals surface area contributed by atoms with Gasteiger partial charge >= 0.3 is 36.0 Å². The highest BCUT2D eigenvalue weighted by Gasteiger charge is 2.39. The van der Waals surface area contributed by atoms with E-state index in [4.69, 9.17) is 18.9 Å². The molecule has 0 bridgehead atoms. The Kier molecular flexibility index (Phi) is 10.1. The molecule has 0 aliphatic carbocycles. The summed E-state index contributed by atoms with van der Waals surface area (Å²) in [6.07, 6.45) is 6.31. The van der Waals surface area contributed by atoms with E-state index in [1.165, 1.54) is 9.13 Å². The third kappa shape index (κ3) is 6.60. The van der Waals surface area contributed by atoms with Crippen molar-refractivity contribution in [1.82, 2.24) is 0 Å². The maximum absolute atomic E-state index is 12.3. The van der Waals surface area contributed by atoms with Crippen molar-refractivity contribution in [3.05, 3.63) is 49.1 Å². The Balaban J connectivity index is 2.29. The van der Waals surface area contributed by atoms with E-state index in [-0.39, 0.29) is 26.4 Å². The van der Waals surface area contributed by atoms with Crippen LogP contribution in [-0.4, -0.2) is 50.3 Å². The van der Waals surface area contributed by atoms with Crippen LogP contribution in [0.3, 0.4) is 0 Å². The van der Waals surface area contributed by atoms with Crippen molar-refractivity contribution in [3.63, 3.8) is 0 Å². The minimum absolute atomic E-state index is 0.135. The van der Waals surface area contributed by atoms with Crippen LogP contribution in [0.4, 0.5) is 0 Å². The fraction of sp³-hybridized carbons (Fsp3) is 0.417. The lowest BCUT2D eigenvalue weighted by atomic mass is 10.1. The summed E-state index contributed by atoms with van der Waals surface area (Å²) in [5.74, 6) is -2.82. The van der Waals surface area contributed by atoms with Crippen molar-refractivity contribution in [1.29, 1.82) is 0 Å². The van der Waals surface area contributed by atoms with Gasteiger partial charge in [0.05, 0.1) is 26.4 Å². The molecule has 0 fully saturated rings. The van der Waals surface area contributed by atoms with Crippen LogP contribution in [-0.2, 0) is 38.1 Å². The van der Waals surface area contributed by atoms with Crippen LogP contribution in [0.1, 0.15) is 39.8 Å². The molecular weight excluding hydrogens is 444 g/mol. The first-order chi connectivity index (χ1) is 16.4. The van der Waals surface area contributed by atoms with Crippen molar-refractivity contribution in [3.8, 4) is 11.1 Å². The summed E-state index contributed by atoms with van der Waals surface area (Å²) in [7, 11) is 0. The zero-order valence-corrected chi connectivity index (χ0v) is 19.8. The molecule has 0 N–H and O–H groups in total. The second-order valence-corrected chi connectivity index (χ2v) is 6.88. The summed E-state index contributed by atoms with van der Waals surface area (Å²) < 4.78 is 22.9. The van der Waals surface area contributed by atoms with Gasteiger partial charge in [-0.25, -0.2) is 19.2 Å². The molecule has 10 heteroatoms. The van der Waals surface area contributed by atoms with E-state index < -0.39 is 36.0 Å². The highest BCUT2D eigenvalue weighted by atomic mass is 16.6. The van der Waals surface area contributed by atoms with Gasteiger partial charge in [-0.05, 0) is 38.8 Å². The van der Waals surface area contributed by atoms with E-state index in [1.54, 1.807) is 76.7 Å². The van der Waals surface area contributed by atoms with Crippen molar-refractivity contribution < 1.29 is 47.3 Å². The van der Waals surface area contributed by atoms with Crippen LogP contribution >= 0.6 is 0 Å². The summed E-state index contributed by atoms with van der Waals surface area (Å²) in [4.78, 5) is 49.2. The monoisotopic (exact) mass is 474 g/mol. The second-order valence-electron chi connectivity index (χ2n) is 6.88. The quantitative estimate of drug-likeness (QED) is 0.207. The van der Waals surface area contributed by atoms with Gasteiger partial charge in [0.25, 0.3) is 0 Å². The Morgan fingerprint density at radius 3 is 1.00 bits per heavy atom. The van der Waals surface area contributed by atoms with Gasteiger partial charge < -0.3 is 18.9 Å². The minimum Gasteiger partial charge on any atom is -0.461 e. The Morgan fingerprint density at radius 1 is 0.559 bits per heavy atom. The average Bonchev–Trinajstić information content (AvgIpc) is 2.81. The number of rotatable bonds is 11. The topological polar surface area (TPSA) is 113 Å². The molecule has 0 saturated heterocycles. The number of hydrogen-bond donors (Lipinski definition) is 0. The number of esters is 4. The number of pyridine rings is 2. The van der Waals surface area contributed by atoms with Gasteiger partial charge in [-0.3, -0.25) is 0 Å². The number of nitrogens with zero attached hydrogens (tertiary/aromatic N) is 2. The molecule has 0 radical (unpaired) electrons.